The fraction of sp³-hybridized carbons (Fsp3) is 0.222. The molecule has 0 saturated heterocycles. The molecule has 0 aliphatic heterocycles. The van der Waals surface area contributed by atoms with Gasteiger partial charge in [0, 0.05) is 16.6 Å². The van der Waals surface area contributed by atoms with Gasteiger partial charge in [0.05, 0.1) is 12.1 Å². The SMILES string of the molecule is O=C(CNC(=O)c1cccc(Br)c1)NCCc1ccc(C(F)(F)F)cc1. The van der Waals surface area contributed by atoms with Crippen LogP contribution < -0.4 is 10.6 Å². The molecule has 0 unspecified atom stereocenters. The van der Waals surface area contributed by atoms with E-state index in [1.807, 2.05) is 0 Å². The third-order valence-electron chi connectivity index (χ3n) is 3.51. The minimum absolute atomic E-state index is 0.182. The van der Waals surface area contributed by atoms with E-state index in [0.717, 1.165) is 16.6 Å². The van der Waals surface area contributed by atoms with Gasteiger partial charge < -0.3 is 10.6 Å². The van der Waals surface area contributed by atoms with E-state index in [9.17, 15) is 22.8 Å². The average molecular weight is 429 g/mol. The number of rotatable bonds is 6. The summed E-state index contributed by atoms with van der Waals surface area (Å²) in [6.07, 6.45) is -3.97. The summed E-state index contributed by atoms with van der Waals surface area (Å²) in [6, 6.07) is 11.5. The van der Waals surface area contributed by atoms with Crippen molar-refractivity contribution in [2.75, 3.05) is 13.1 Å². The molecule has 4 nitrogen and oxygen atoms in total. The summed E-state index contributed by atoms with van der Waals surface area (Å²) in [4.78, 5) is 23.6. The summed E-state index contributed by atoms with van der Waals surface area (Å²) in [7, 11) is 0. The molecule has 2 rings (SSSR count). The Hall–Kier alpha value is -2.35. The smallest absolute Gasteiger partial charge is 0.354 e. The summed E-state index contributed by atoms with van der Waals surface area (Å²) in [5.41, 5.74) is 0.397. The highest BCUT2D eigenvalue weighted by atomic mass is 79.9. The topological polar surface area (TPSA) is 58.2 Å². The largest absolute Gasteiger partial charge is 0.416 e. The maximum absolute atomic E-state index is 12.5. The van der Waals surface area contributed by atoms with E-state index in [0.29, 0.717) is 17.5 Å². The van der Waals surface area contributed by atoms with E-state index < -0.39 is 11.7 Å². The van der Waals surface area contributed by atoms with Crippen LogP contribution in [-0.2, 0) is 17.4 Å². The van der Waals surface area contributed by atoms with Gasteiger partial charge in [-0.3, -0.25) is 9.59 Å². The zero-order valence-electron chi connectivity index (χ0n) is 13.6. The van der Waals surface area contributed by atoms with Gasteiger partial charge in [-0.2, -0.15) is 13.2 Å². The van der Waals surface area contributed by atoms with Crippen LogP contribution in [-0.4, -0.2) is 24.9 Å². The normalized spacial score (nSPS) is 11.1. The highest BCUT2D eigenvalue weighted by Crippen LogP contribution is 2.29. The van der Waals surface area contributed by atoms with E-state index in [-0.39, 0.29) is 24.9 Å². The Labute approximate surface area is 156 Å². The molecule has 0 fully saturated rings. The van der Waals surface area contributed by atoms with E-state index in [4.69, 9.17) is 0 Å². The first kappa shape index (κ1) is 20.0. The molecule has 2 aromatic rings. The van der Waals surface area contributed by atoms with Crippen LogP contribution in [0.2, 0.25) is 0 Å². The maximum atomic E-state index is 12.5. The highest BCUT2D eigenvalue weighted by Gasteiger charge is 2.29. The molecule has 0 saturated carbocycles. The van der Waals surface area contributed by atoms with Crippen molar-refractivity contribution in [1.29, 1.82) is 0 Å². The van der Waals surface area contributed by atoms with Crippen molar-refractivity contribution >= 4 is 27.7 Å². The minimum atomic E-state index is -4.36. The van der Waals surface area contributed by atoms with Crippen molar-refractivity contribution in [3.8, 4) is 0 Å². The minimum Gasteiger partial charge on any atom is -0.354 e. The van der Waals surface area contributed by atoms with E-state index in [2.05, 4.69) is 26.6 Å². The molecular formula is C18H16BrF3N2O2. The lowest BCUT2D eigenvalue weighted by molar-refractivity contribution is -0.137. The molecule has 8 heteroatoms. The first-order valence-electron chi connectivity index (χ1n) is 7.72. The van der Waals surface area contributed by atoms with Gasteiger partial charge in [-0.1, -0.05) is 34.1 Å². The molecule has 26 heavy (non-hydrogen) atoms. The predicted octanol–water partition coefficient (Wildman–Crippen LogP) is 3.56. The van der Waals surface area contributed by atoms with Crippen LogP contribution in [0.25, 0.3) is 0 Å². The fourth-order valence-corrected chi connectivity index (χ4v) is 2.56. The number of alkyl halides is 3. The Balaban J connectivity index is 1.73. The van der Waals surface area contributed by atoms with Crippen molar-refractivity contribution < 1.29 is 22.8 Å². The second kappa shape index (κ2) is 8.84. The molecule has 0 heterocycles. The van der Waals surface area contributed by atoms with Crippen LogP contribution in [0.4, 0.5) is 13.2 Å². The van der Waals surface area contributed by atoms with Crippen LogP contribution in [0.1, 0.15) is 21.5 Å². The van der Waals surface area contributed by atoms with Crippen molar-refractivity contribution in [3.05, 3.63) is 69.7 Å². The van der Waals surface area contributed by atoms with Gasteiger partial charge in [0.1, 0.15) is 0 Å². The summed E-state index contributed by atoms with van der Waals surface area (Å²) < 4.78 is 38.2. The van der Waals surface area contributed by atoms with E-state index in [1.54, 1.807) is 24.3 Å². The lowest BCUT2D eigenvalue weighted by Gasteiger charge is -2.09. The molecular weight excluding hydrogens is 413 g/mol. The first-order valence-corrected chi connectivity index (χ1v) is 8.51. The van der Waals surface area contributed by atoms with Crippen LogP contribution >= 0.6 is 15.9 Å². The van der Waals surface area contributed by atoms with Crippen LogP contribution in [0.15, 0.2) is 53.0 Å². The lowest BCUT2D eigenvalue weighted by atomic mass is 10.1. The number of hydrogen-bond donors (Lipinski definition) is 2. The molecule has 138 valence electrons. The van der Waals surface area contributed by atoms with Gasteiger partial charge >= 0.3 is 6.18 Å². The quantitative estimate of drug-likeness (QED) is 0.738. The monoisotopic (exact) mass is 428 g/mol. The third kappa shape index (κ3) is 6.18. The molecule has 0 atom stereocenters. The Bertz CT molecular complexity index is 777. The molecule has 0 bridgehead atoms. The Kier molecular flexibility index (Phi) is 6.79. The van der Waals surface area contributed by atoms with Gasteiger partial charge in [-0.25, -0.2) is 0 Å². The number of carbonyl (C=O) groups is 2. The van der Waals surface area contributed by atoms with Gasteiger partial charge in [0.15, 0.2) is 0 Å². The standard InChI is InChI=1S/C18H16BrF3N2O2/c19-15-3-1-2-13(10-15)17(26)24-11-16(25)23-9-8-12-4-6-14(7-5-12)18(20,21)22/h1-7,10H,8-9,11H2,(H,23,25)(H,24,26). The molecule has 0 radical (unpaired) electrons. The highest BCUT2D eigenvalue weighted by molar-refractivity contribution is 9.10. The Morgan fingerprint density at radius 1 is 1.00 bits per heavy atom. The molecule has 2 amide bonds. The lowest BCUT2D eigenvalue weighted by Crippen LogP contribution is -2.37. The van der Waals surface area contributed by atoms with Crippen LogP contribution in [0.3, 0.4) is 0 Å². The number of nitrogens with one attached hydrogen (secondary N) is 2. The number of carbonyl (C=O) groups excluding carboxylic acids is 2. The van der Waals surface area contributed by atoms with E-state index in [1.165, 1.54) is 12.1 Å². The van der Waals surface area contributed by atoms with Crippen molar-refractivity contribution in [3.63, 3.8) is 0 Å². The zero-order valence-corrected chi connectivity index (χ0v) is 15.2. The number of hydrogen-bond acceptors (Lipinski definition) is 2. The summed E-state index contributed by atoms with van der Waals surface area (Å²) in [5, 5.41) is 5.11. The fourth-order valence-electron chi connectivity index (χ4n) is 2.16. The second-order valence-corrected chi connectivity index (χ2v) is 6.40. The molecule has 2 N–H and O–H groups in total. The Morgan fingerprint density at radius 2 is 1.69 bits per heavy atom. The molecule has 0 aliphatic rings. The Morgan fingerprint density at radius 3 is 2.31 bits per heavy atom. The second-order valence-electron chi connectivity index (χ2n) is 5.49. The molecule has 2 aromatic carbocycles. The van der Waals surface area contributed by atoms with Crippen molar-refractivity contribution in [1.82, 2.24) is 10.6 Å². The molecule has 0 aromatic heterocycles. The van der Waals surface area contributed by atoms with Gasteiger partial charge in [0.2, 0.25) is 5.91 Å². The van der Waals surface area contributed by atoms with Crippen molar-refractivity contribution in [2.24, 2.45) is 0 Å². The number of halogens is 4. The van der Waals surface area contributed by atoms with Crippen molar-refractivity contribution in [2.45, 2.75) is 12.6 Å². The van der Waals surface area contributed by atoms with Gasteiger partial charge in [-0.15, -0.1) is 0 Å². The molecule has 0 aliphatic carbocycles. The first-order chi connectivity index (χ1) is 12.3. The van der Waals surface area contributed by atoms with Gasteiger partial charge in [0.25, 0.3) is 5.91 Å². The number of benzene rings is 2. The summed E-state index contributed by atoms with van der Waals surface area (Å²) in [5.74, 6) is -0.746. The summed E-state index contributed by atoms with van der Waals surface area (Å²) >= 11 is 3.26. The molecule has 0 spiro atoms. The average Bonchev–Trinajstić information content (AvgIpc) is 2.59. The van der Waals surface area contributed by atoms with Crippen LogP contribution in [0.5, 0.6) is 0 Å². The predicted molar refractivity (Wildman–Crippen MR) is 94.6 cm³/mol. The maximum Gasteiger partial charge on any atom is 0.416 e. The third-order valence-corrected chi connectivity index (χ3v) is 4.01. The zero-order chi connectivity index (χ0) is 19.2. The van der Waals surface area contributed by atoms with E-state index >= 15 is 0 Å². The van der Waals surface area contributed by atoms with Gasteiger partial charge in [-0.05, 0) is 42.3 Å². The number of amides is 2. The summed E-state index contributed by atoms with van der Waals surface area (Å²) in [6.45, 7) is 0.0787. The van der Waals surface area contributed by atoms with Crippen LogP contribution in [0, 0.1) is 0 Å².